The highest BCUT2D eigenvalue weighted by atomic mass is 79.9. The van der Waals surface area contributed by atoms with Crippen LogP contribution in [0.1, 0.15) is 18.4 Å². The first kappa shape index (κ1) is 20.4. The van der Waals surface area contributed by atoms with Crippen LogP contribution in [0.4, 0.5) is 15.8 Å². The maximum absolute atomic E-state index is 13.7. The van der Waals surface area contributed by atoms with Crippen LogP contribution in [-0.4, -0.2) is 26.8 Å². The summed E-state index contributed by atoms with van der Waals surface area (Å²) in [5, 5.41) is 5.09. The molecule has 3 rings (SSSR count). The van der Waals surface area contributed by atoms with Crippen molar-refractivity contribution >= 4 is 49.1 Å². The van der Waals surface area contributed by atoms with Gasteiger partial charge in [0.2, 0.25) is 21.8 Å². The molecule has 28 heavy (non-hydrogen) atoms. The van der Waals surface area contributed by atoms with Gasteiger partial charge in [-0.25, -0.2) is 17.5 Å². The number of benzene rings is 2. The Balaban J connectivity index is 1.58. The molecule has 1 aliphatic rings. The Kier molecular flexibility index (Phi) is 6.11. The Labute approximate surface area is 169 Å². The Morgan fingerprint density at radius 1 is 1.18 bits per heavy atom. The number of hydrogen-bond acceptors (Lipinski definition) is 4. The van der Waals surface area contributed by atoms with E-state index in [0.29, 0.717) is 23.0 Å². The van der Waals surface area contributed by atoms with Gasteiger partial charge in [-0.2, -0.15) is 0 Å². The Hall–Kier alpha value is -2.30. The number of amides is 2. The van der Waals surface area contributed by atoms with Gasteiger partial charge in [-0.15, -0.1) is 0 Å². The van der Waals surface area contributed by atoms with Crippen LogP contribution in [0.3, 0.4) is 0 Å². The van der Waals surface area contributed by atoms with E-state index in [1.54, 1.807) is 12.1 Å². The lowest BCUT2D eigenvalue weighted by Gasteiger charge is -2.17. The summed E-state index contributed by atoms with van der Waals surface area (Å²) >= 11 is 3.12. The van der Waals surface area contributed by atoms with Crippen LogP contribution in [0.5, 0.6) is 0 Å². The van der Waals surface area contributed by atoms with Crippen molar-refractivity contribution in [3.8, 4) is 0 Å². The highest BCUT2D eigenvalue weighted by Crippen LogP contribution is 2.25. The number of sulfonamides is 1. The molecule has 0 atom stereocenters. The van der Waals surface area contributed by atoms with E-state index in [0.717, 1.165) is 5.56 Å². The smallest absolute Gasteiger partial charge is 0.240 e. The monoisotopic (exact) mass is 469 g/mol. The second-order valence-corrected chi connectivity index (χ2v) is 8.87. The summed E-state index contributed by atoms with van der Waals surface area (Å²) in [5.41, 5.74) is 1.37. The van der Waals surface area contributed by atoms with Gasteiger partial charge in [0.15, 0.2) is 0 Å². The zero-order chi connectivity index (χ0) is 20.3. The minimum absolute atomic E-state index is 0.0211. The standard InChI is InChI=1S/C18H17BrFN3O4S/c19-12-2-4-16(14(20)10-12)23-18(25)7-8-21-28(26,27)13-3-5-15-11(9-13)1-6-17(24)22-15/h2-5,9-10,21H,1,6-8H2,(H,22,24)(H,23,25). The number of hydrogen-bond donors (Lipinski definition) is 3. The molecule has 0 radical (unpaired) electrons. The molecule has 2 aromatic rings. The van der Waals surface area contributed by atoms with Gasteiger partial charge < -0.3 is 10.6 Å². The van der Waals surface area contributed by atoms with Crippen molar-refractivity contribution < 1.29 is 22.4 Å². The molecule has 0 bridgehead atoms. The molecule has 148 valence electrons. The molecule has 0 aromatic heterocycles. The molecule has 1 heterocycles. The van der Waals surface area contributed by atoms with Crippen molar-refractivity contribution in [1.82, 2.24) is 4.72 Å². The minimum atomic E-state index is -3.81. The molecular weight excluding hydrogens is 453 g/mol. The molecule has 0 saturated heterocycles. The van der Waals surface area contributed by atoms with Crippen molar-refractivity contribution in [1.29, 1.82) is 0 Å². The molecule has 0 saturated carbocycles. The van der Waals surface area contributed by atoms with Crippen molar-refractivity contribution in [2.24, 2.45) is 0 Å². The van der Waals surface area contributed by atoms with Gasteiger partial charge in [0.1, 0.15) is 5.82 Å². The van der Waals surface area contributed by atoms with E-state index in [1.165, 1.54) is 24.3 Å². The molecule has 0 fully saturated rings. The van der Waals surface area contributed by atoms with Crippen molar-refractivity contribution in [3.05, 3.63) is 52.3 Å². The summed E-state index contributed by atoms with van der Waals surface area (Å²) in [5.74, 6) is -1.21. The van der Waals surface area contributed by atoms with E-state index in [1.807, 2.05) is 0 Å². The van der Waals surface area contributed by atoms with E-state index in [2.05, 4.69) is 31.3 Å². The number of nitrogens with one attached hydrogen (secondary N) is 3. The zero-order valence-corrected chi connectivity index (χ0v) is 17.0. The lowest BCUT2D eigenvalue weighted by molar-refractivity contribution is -0.117. The fraction of sp³-hybridized carbons (Fsp3) is 0.222. The van der Waals surface area contributed by atoms with Crippen LogP contribution in [0, 0.1) is 5.82 Å². The summed E-state index contributed by atoms with van der Waals surface area (Å²) < 4.78 is 41.5. The first-order valence-corrected chi connectivity index (χ1v) is 10.7. The van der Waals surface area contributed by atoms with E-state index in [-0.39, 0.29) is 29.5 Å². The number of anilines is 2. The molecule has 1 aliphatic heterocycles. The fourth-order valence-electron chi connectivity index (χ4n) is 2.71. The number of carbonyl (C=O) groups is 2. The highest BCUT2D eigenvalue weighted by molar-refractivity contribution is 9.10. The maximum atomic E-state index is 13.7. The predicted octanol–water partition coefficient (Wildman–Crippen LogP) is 2.78. The second kappa shape index (κ2) is 8.38. The topological polar surface area (TPSA) is 104 Å². The van der Waals surface area contributed by atoms with Crippen molar-refractivity contribution in [3.63, 3.8) is 0 Å². The average Bonchev–Trinajstić information content (AvgIpc) is 2.63. The van der Waals surface area contributed by atoms with Gasteiger partial charge in [-0.3, -0.25) is 9.59 Å². The molecule has 2 amide bonds. The Bertz CT molecular complexity index is 1040. The van der Waals surface area contributed by atoms with Crippen molar-refractivity contribution in [2.45, 2.75) is 24.2 Å². The fourth-order valence-corrected chi connectivity index (χ4v) is 4.13. The van der Waals surface area contributed by atoms with Crippen molar-refractivity contribution in [2.75, 3.05) is 17.2 Å². The molecule has 0 unspecified atom stereocenters. The summed E-state index contributed by atoms with van der Waals surface area (Å²) in [7, 11) is -3.81. The van der Waals surface area contributed by atoms with Crippen LogP contribution in [-0.2, 0) is 26.0 Å². The average molecular weight is 470 g/mol. The first-order valence-electron chi connectivity index (χ1n) is 8.42. The van der Waals surface area contributed by atoms with Gasteiger partial charge in [0.25, 0.3) is 0 Å². The third kappa shape index (κ3) is 4.94. The van der Waals surface area contributed by atoms with Gasteiger partial charge >= 0.3 is 0 Å². The van der Waals surface area contributed by atoms with E-state index < -0.39 is 21.7 Å². The molecular formula is C18H17BrFN3O4S. The maximum Gasteiger partial charge on any atom is 0.240 e. The molecule has 2 aromatic carbocycles. The first-order chi connectivity index (χ1) is 13.2. The number of halogens is 2. The summed E-state index contributed by atoms with van der Waals surface area (Å²) in [6.45, 7) is -0.139. The lowest BCUT2D eigenvalue weighted by Crippen LogP contribution is -2.28. The van der Waals surface area contributed by atoms with E-state index in [9.17, 15) is 22.4 Å². The lowest BCUT2D eigenvalue weighted by atomic mass is 10.0. The van der Waals surface area contributed by atoms with E-state index in [4.69, 9.17) is 0 Å². The summed E-state index contributed by atoms with van der Waals surface area (Å²) in [4.78, 5) is 23.4. The molecule has 0 aliphatic carbocycles. The van der Waals surface area contributed by atoms with Gasteiger partial charge in [-0.1, -0.05) is 15.9 Å². The van der Waals surface area contributed by atoms with Crippen LogP contribution in [0.2, 0.25) is 0 Å². The van der Waals surface area contributed by atoms with Gasteiger partial charge in [0, 0.05) is 29.5 Å². The number of carbonyl (C=O) groups excluding carboxylic acids is 2. The van der Waals surface area contributed by atoms with Gasteiger partial charge in [-0.05, 0) is 48.4 Å². The second-order valence-electron chi connectivity index (χ2n) is 6.19. The minimum Gasteiger partial charge on any atom is -0.326 e. The third-order valence-electron chi connectivity index (χ3n) is 4.13. The summed E-state index contributed by atoms with van der Waals surface area (Å²) in [6, 6.07) is 8.66. The SMILES string of the molecule is O=C(CCNS(=O)(=O)c1ccc2c(c1)CCC(=O)N2)Nc1ccc(Br)cc1F. The summed E-state index contributed by atoms with van der Waals surface area (Å²) in [6.07, 6.45) is 0.609. The largest absolute Gasteiger partial charge is 0.326 e. The van der Waals surface area contributed by atoms with Crippen LogP contribution >= 0.6 is 15.9 Å². The van der Waals surface area contributed by atoms with Crippen LogP contribution in [0.15, 0.2) is 45.8 Å². The molecule has 7 nitrogen and oxygen atoms in total. The third-order valence-corrected chi connectivity index (χ3v) is 6.08. The van der Waals surface area contributed by atoms with Crippen LogP contribution in [0.25, 0.3) is 0 Å². The van der Waals surface area contributed by atoms with Gasteiger partial charge in [0.05, 0.1) is 10.6 Å². The number of aryl methyl sites for hydroxylation is 1. The number of rotatable bonds is 6. The zero-order valence-electron chi connectivity index (χ0n) is 14.6. The quantitative estimate of drug-likeness (QED) is 0.604. The highest BCUT2D eigenvalue weighted by Gasteiger charge is 2.20. The van der Waals surface area contributed by atoms with E-state index >= 15 is 0 Å². The predicted molar refractivity (Wildman–Crippen MR) is 106 cm³/mol. The molecule has 3 N–H and O–H groups in total. The molecule has 0 spiro atoms. The Morgan fingerprint density at radius 3 is 2.71 bits per heavy atom. The molecule has 10 heteroatoms. The van der Waals surface area contributed by atoms with Crippen LogP contribution < -0.4 is 15.4 Å². The number of fused-ring (bicyclic) bond motifs is 1. The normalized spacial score (nSPS) is 13.6. The Morgan fingerprint density at radius 2 is 1.96 bits per heavy atom.